The number of benzene rings is 2. The normalized spacial score (nSPS) is 12.6. The molecule has 0 aromatic heterocycles. The Kier molecular flexibility index (Phi) is 8.15. The minimum atomic E-state index is -0.963. The molecule has 2 N–H and O–H groups in total. The summed E-state index contributed by atoms with van der Waals surface area (Å²) in [6.45, 7) is 1.29. The highest BCUT2D eigenvalue weighted by molar-refractivity contribution is 6.30. The number of hydrogen-bond donors (Lipinski definition) is 2. The van der Waals surface area contributed by atoms with E-state index in [9.17, 15) is 18.8 Å². The zero-order valence-electron chi connectivity index (χ0n) is 16.1. The second-order valence-corrected chi connectivity index (χ2v) is 6.94. The summed E-state index contributed by atoms with van der Waals surface area (Å²) in [5.41, 5.74) is 1.40. The van der Waals surface area contributed by atoms with Crippen LogP contribution in [0.3, 0.4) is 0 Å². The summed E-state index contributed by atoms with van der Waals surface area (Å²) >= 11 is 5.98. The third kappa shape index (κ3) is 7.19. The summed E-state index contributed by atoms with van der Waals surface area (Å²) in [5, 5.41) is 5.69. The Labute approximate surface area is 173 Å². The first-order valence-electron chi connectivity index (χ1n) is 8.92. The van der Waals surface area contributed by atoms with Crippen LogP contribution in [-0.4, -0.2) is 37.0 Å². The zero-order valence-corrected chi connectivity index (χ0v) is 16.8. The standard InChI is InChI=1S/C21H22ClFN2O4/c1-13(26)24-18(11-14-6-8-17(23)9-7-14)20(27)25-19(21(28)29-2)12-15-4-3-5-16(22)10-15/h3-10,18-19H,11-12H2,1-2H3,(H,24,26)(H,25,27)/t18-,19+/m0/s1. The number of esters is 1. The largest absolute Gasteiger partial charge is 0.467 e. The average molecular weight is 421 g/mol. The quantitative estimate of drug-likeness (QED) is 0.642. The van der Waals surface area contributed by atoms with Gasteiger partial charge < -0.3 is 15.4 Å². The van der Waals surface area contributed by atoms with E-state index in [0.29, 0.717) is 10.6 Å². The molecule has 6 nitrogen and oxygen atoms in total. The number of amides is 2. The molecule has 2 amide bonds. The zero-order chi connectivity index (χ0) is 21.4. The second-order valence-electron chi connectivity index (χ2n) is 6.50. The smallest absolute Gasteiger partial charge is 0.328 e. The lowest BCUT2D eigenvalue weighted by atomic mass is 10.0. The maximum absolute atomic E-state index is 13.1. The van der Waals surface area contributed by atoms with E-state index in [2.05, 4.69) is 10.6 Å². The molecule has 0 bridgehead atoms. The Morgan fingerprint density at radius 3 is 2.24 bits per heavy atom. The SMILES string of the molecule is COC(=O)[C@@H](Cc1cccc(Cl)c1)NC(=O)[C@H](Cc1ccc(F)cc1)NC(C)=O. The second kappa shape index (κ2) is 10.6. The van der Waals surface area contributed by atoms with Crippen molar-refractivity contribution in [1.82, 2.24) is 10.6 Å². The number of ether oxygens (including phenoxy) is 1. The molecule has 0 saturated heterocycles. The molecule has 154 valence electrons. The number of methoxy groups -OCH3 is 1. The minimum Gasteiger partial charge on any atom is -0.467 e. The molecule has 2 aromatic carbocycles. The first-order chi connectivity index (χ1) is 13.8. The topological polar surface area (TPSA) is 84.5 Å². The van der Waals surface area contributed by atoms with E-state index in [1.807, 2.05) is 0 Å². The summed E-state index contributed by atoms with van der Waals surface area (Å²) in [4.78, 5) is 36.5. The maximum Gasteiger partial charge on any atom is 0.328 e. The molecule has 0 aliphatic rings. The van der Waals surface area contributed by atoms with Gasteiger partial charge in [-0.05, 0) is 35.4 Å². The third-order valence-corrected chi connectivity index (χ3v) is 4.41. The van der Waals surface area contributed by atoms with Gasteiger partial charge in [-0.1, -0.05) is 35.9 Å². The van der Waals surface area contributed by atoms with Crippen molar-refractivity contribution in [3.05, 3.63) is 70.5 Å². The fraction of sp³-hybridized carbons (Fsp3) is 0.286. The van der Waals surface area contributed by atoms with Crippen LogP contribution in [0.1, 0.15) is 18.1 Å². The molecule has 0 aliphatic carbocycles. The van der Waals surface area contributed by atoms with Crippen LogP contribution >= 0.6 is 11.6 Å². The van der Waals surface area contributed by atoms with Crippen molar-refractivity contribution in [3.63, 3.8) is 0 Å². The molecule has 0 radical (unpaired) electrons. The maximum atomic E-state index is 13.1. The van der Waals surface area contributed by atoms with Crippen molar-refractivity contribution < 1.29 is 23.5 Å². The first kappa shape index (κ1) is 22.4. The molecule has 0 spiro atoms. The van der Waals surface area contributed by atoms with Gasteiger partial charge in [-0.2, -0.15) is 0 Å². The molecule has 2 aromatic rings. The molecular formula is C21H22ClFN2O4. The monoisotopic (exact) mass is 420 g/mol. The summed E-state index contributed by atoms with van der Waals surface area (Å²) in [7, 11) is 1.23. The van der Waals surface area contributed by atoms with Crippen LogP contribution in [0.2, 0.25) is 5.02 Å². The van der Waals surface area contributed by atoms with Gasteiger partial charge in [0.2, 0.25) is 11.8 Å². The predicted octanol–water partition coefficient (Wildman–Crippen LogP) is 2.43. The molecule has 0 aliphatic heterocycles. The van der Waals surface area contributed by atoms with Gasteiger partial charge in [0.05, 0.1) is 7.11 Å². The lowest BCUT2D eigenvalue weighted by Crippen LogP contribution is -2.53. The highest BCUT2D eigenvalue weighted by Gasteiger charge is 2.27. The number of carbonyl (C=O) groups is 3. The van der Waals surface area contributed by atoms with Crippen LogP contribution in [0, 0.1) is 5.82 Å². The van der Waals surface area contributed by atoms with Crippen molar-refractivity contribution in [2.24, 2.45) is 0 Å². The van der Waals surface area contributed by atoms with Gasteiger partial charge in [0.25, 0.3) is 0 Å². The molecular weight excluding hydrogens is 399 g/mol. The molecule has 2 rings (SSSR count). The van der Waals surface area contributed by atoms with Crippen LogP contribution in [-0.2, 0) is 32.0 Å². The van der Waals surface area contributed by atoms with Crippen LogP contribution < -0.4 is 10.6 Å². The molecule has 29 heavy (non-hydrogen) atoms. The fourth-order valence-electron chi connectivity index (χ4n) is 2.82. The lowest BCUT2D eigenvalue weighted by molar-refractivity contribution is -0.145. The Morgan fingerprint density at radius 1 is 1.00 bits per heavy atom. The highest BCUT2D eigenvalue weighted by Crippen LogP contribution is 2.13. The van der Waals surface area contributed by atoms with E-state index >= 15 is 0 Å². The van der Waals surface area contributed by atoms with E-state index in [1.54, 1.807) is 24.3 Å². The fourth-order valence-corrected chi connectivity index (χ4v) is 3.03. The van der Waals surface area contributed by atoms with E-state index < -0.39 is 35.7 Å². The minimum absolute atomic E-state index is 0.136. The van der Waals surface area contributed by atoms with Crippen LogP contribution in [0.25, 0.3) is 0 Å². The number of rotatable bonds is 8. The summed E-state index contributed by atoms with van der Waals surface area (Å²) in [6.07, 6.45) is 0.305. The Balaban J connectivity index is 2.16. The summed E-state index contributed by atoms with van der Waals surface area (Å²) < 4.78 is 17.9. The van der Waals surface area contributed by atoms with Gasteiger partial charge in [0.1, 0.15) is 17.9 Å². The van der Waals surface area contributed by atoms with Crippen molar-refractivity contribution in [3.8, 4) is 0 Å². The third-order valence-electron chi connectivity index (χ3n) is 4.18. The van der Waals surface area contributed by atoms with Gasteiger partial charge in [-0.25, -0.2) is 9.18 Å². The van der Waals surface area contributed by atoms with Crippen molar-refractivity contribution >= 4 is 29.4 Å². The Bertz CT molecular complexity index is 873. The molecule has 0 fully saturated rings. The summed E-state index contributed by atoms with van der Waals surface area (Å²) in [6, 6.07) is 10.6. The highest BCUT2D eigenvalue weighted by atomic mass is 35.5. The van der Waals surface area contributed by atoms with Gasteiger partial charge in [0.15, 0.2) is 0 Å². The van der Waals surface area contributed by atoms with Crippen molar-refractivity contribution in [2.75, 3.05) is 7.11 Å². The van der Waals surface area contributed by atoms with Crippen molar-refractivity contribution in [1.29, 1.82) is 0 Å². The van der Waals surface area contributed by atoms with E-state index in [-0.39, 0.29) is 12.8 Å². The summed E-state index contributed by atoms with van der Waals surface area (Å²) in [5.74, 6) is -1.98. The number of nitrogens with one attached hydrogen (secondary N) is 2. The molecule has 2 atom stereocenters. The molecule has 0 heterocycles. The van der Waals surface area contributed by atoms with E-state index in [0.717, 1.165) is 5.56 Å². The molecule has 8 heteroatoms. The number of halogens is 2. The first-order valence-corrected chi connectivity index (χ1v) is 9.30. The molecule has 0 saturated carbocycles. The van der Waals surface area contributed by atoms with Crippen LogP contribution in [0.15, 0.2) is 48.5 Å². The van der Waals surface area contributed by atoms with E-state index in [4.69, 9.17) is 16.3 Å². The van der Waals surface area contributed by atoms with Crippen LogP contribution in [0.4, 0.5) is 4.39 Å². The van der Waals surface area contributed by atoms with Gasteiger partial charge >= 0.3 is 5.97 Å². The van der Waals surface area contributed by atoms with Crippen molar-refractivity contribution in [2.45, 2.75) is 31.8 Å². The predicted molar refractivity (Wildman–Crippen MR) is 107 cm³/mol. The number of carbonyl (C=O) groups excluding carboxylic acids is 3. The van der Waals surface area contributed by atoms with Gasteiger partial charge in [-0.3, -0.25) is 9.59 Å². The Morgan fingerprint density at radius 2 is 1.66 bits per heavy atom. The Hall–Kier alpha value is -2.93. The lowest BCUT2D eigenvalue weighted by Gasteiger charge is -2.22. The van der Waals surface area contributed by atoms with Gasteiger partial charge in [-0.15, -0.1) is 0 Å². The molecule has 0 unspecified atom stereocenters. The van der Waals surface area contributed by atoms with E-state index in [1.165, 1.54) is 38.3 Å². The average Bonchev–Trinajstić information content (AvgIpc) is 2.67. The van der Waals surface area contributed by atoms with Gasteiger partial charge in [0, 0.05) is 24.8 Å². The number of hydrogen-bond acceptors (Lipinski definition) is 4. The van der Waals surface area contributed by atoms with Crippen LogP contribution in [0.5, 0.6) is 0 Å².